The zero-order valence-electron chi connectivity index (χ0n) is 12.5. The number of carbonyl (C=O) groups is 1. The molecule has 1 saturated carbocycles. The molecule has 1 aromatic carbocycles. The van der Waals surface area contributed by atoms with Gasteiger partial charge in [0.25, 0.3) is 5.91 Å². The van der Waals surface area contributed by atoms with E-state index in [0.717, 1.165) is 18.4 Å². The molecular weight excluding hydrogens is 278 g/mol. The van der Waals surface area contributed by atoms with Crippen molar-refractivity contribution in [2.75, 3.05) is 6.54 Å². The zero-order chi connectivity index (χ0) is 15.4. The predicted octanol–water partition coefficient (Wildman–Crippen LogP) is 2.30. The van der Waals surface area contributed by atoms with Crippen LogP contribution < -0.4 is 5.32 Å². The Morgan fingerprint density at radius 1 is 1.23 bits per heavy atom. The minimum atomic E-state index is -0.474. The molecule has 3 rings (SSSR count). The molecule has 1 amide bonds. The van der Waals surface area contributed by atoms with Gasteiger partial charge in [-0.2, -0.15) is 0 Å². The van der Waals surface area contributed by atoms with Gasteiger partial charge in [-0.1, -0.05) is 31.4 Å². The lowest BCUT2D eigenvalue weighted by atomic mass is 9.85. The maximum Gasteiger partial charge on any atom is 0.271 e. The lowest BCUT2D eigenvalue weighted by Crippen LogP contribution is -2.37. The number of aliphatic hydroxyl groups is 1. The Kier molecular flexibility index (Phi) is 4.63. The highest BCUT2D eigenvalue weighted by molar-refractivity contribution is 5.93. The predicted molar refractivity (Wildman–Crippen MR) is 84.5 cm³/mol. The standard InChI is InChI=1S/C17H21N3O2/c21-16(12-6-2-1-3-7-12)11-19-17(22)15-10-18-13-8-4-5-9-14(13)20-15/h4-5,8-10,12,16,21H,1-3,6-7,11H2,(H,19,22)/t16-/m1/s1. The summed E-state index contributed by atoms with van der Waals surface area (Å²) in [5.74, 6) is 0.0184. The third-order valence-electron chi connectivity index (χ3n) is 4.35. The highest BCUT2D eigenvalue weighted by Crippen LogP contribution is 2.26. The average Bonchev–Trinajstić information content (AvgIpc) is 2.59. The molecule has 0 radical (unpaired) electrons. The smallest absolute Gasteiger partial charge is 0.271 e. The number of hydrogen-bond donors (Lipinski definition) is 2. The van der Waals surface area contributed by atoms with Crippen molar-refractivity contribution in [2.24, 2.45) is 5.92 Å². The Balaban J connectivity index is 1.60. The second-order valence-corrected chi connectivity index (χ2v) is 5.92. The fraction of sp³-hybridized carbons (Fsp3) is 0.471. The summed E-state index contributed by atoms with van der Waals surface area (Å²) in [4.78, 5) is 20.7. The SMILES string of the molecule is O=C(NC[C@@H](O)C1CCCCC1)c1cnc2ccccc2n1. The molecule has 5 heteroatoms. The van der Waals surface area contributed by atoms with Crippen LogP contribution >= 0.6 is 0 Å². The number of para-hydroxylation sites is 2. The van der Waals surface area contributed by atoms with Crippen LogP contribution in [0.15, 0.2) is 30.5 Å². The van der Waals surface area contributed by atoms with E-state index in [1.54, 1.807) is 0 Å². The van der Waals surface area contributed by atoms with Crippen LogP contribution in [-0.2, 0) is 0 Å². The number of benzene rings is 1. The fourth-order valence-corrected chi connectivity index (χ4v) is 3.04. The minimum absolute atomic E-state index is 0.276. The van der Waals surface area contributed by atoms with E-state index in [0.29, 0.717) is 11.4 Å². The van der Waals surface area contributed by atoms with Crippen molar-refractivity contribution in [3.05, 3.63) is 36.2 Å². The molecule has 5 nitrogen and oxygen atoms in total. The Labute approximate surface area is 129 Å². The van der Waals surface area contributed by atoms with Crippen LogP contribution in [0.4, 0.5) is 0 Å². The van der Waals surface area contributed by atoms with Gasteiger partial charge >= 0.3 is 0 Å². The summed E-state index contributed by atoms with van der Waals surface area (Å²) in [5, 5.41) is 13.0. The van der Waals surface area contributed by atoms with Crippen molar-refractivity contribution >= 4 is 16.9 Å². The molecule has 0 spiro atoms. The van der Waals surface area contributed by atoms with E-state index >= 15 is 0 Å². The Morgan fingerprint density at radius 3 is 2.73 bits per heavy atom. The molecule has 0 bridgehead atoms. The van der Waals surface area contributed by atoms with Gasteiger partial charge in [0, 0.05) is 6.54 Å². The summed E-state index contributed by atoms with van der Waals surface area (Å²) in [6.45, 7) is 0.276. The Hall–Kier alpha value is -2.01. The molecule has 1 aromatic heterocycles. The van der Waals surface area contributed by atoms with Gasteiger partial charge in [0.2, 0.25) is 0 Å². The Bertz CT molecular complexity index is 653. The second kappa shape index (κ2) is 6.83. The third kappa shape index (κ3) is 3.42. The molecule has 2 N–H and O–H groups in total. The first-order chi connectivity index (χ1) is 10.7. The summed E-state index contributed by atoms with van der Waals surface area (Å²) in [6.07, 6.45) is 6.70. The van der Waals surface area contributed by atoms with Crippen LogP contribution in [0.2, 0.25) is 0 Å². The molecule has 1 aliphatic carbocycles. The summed E-state index contributed by atoms with van der Waals surface area (Å²) in [6, 6.07) is 7.44. The molecule has 0 saturated heterocycles. The van der Waals surface area contributed by atoms with Gasteiger partial charge in [0.15, 0.2) is 0 Å². The van der Waals surface area contributed by atoms with E-state index in [-0.39, 0.29) is 18.1 Å². The number of rotatable bonds is 4. The summed E-state index contributed by atoms with van der Waals surface area (Å²) in [7, 11) is 0. The summed E-state index contributed by atoms with van der Waals surface area (Å²) in [5.41, 5.74) is 1.75. The average molecular weight is 299 g/mol. The van der Waals surface area contributed by atoms with E-state index in [2.05, 4.69) is 15.3 Å². The zero-order valence-corrected chi connectivity index (χ0v) is 12.5. The summed E-state index contributed by atoms with van der Waals surface area (Å²) >= 11 is 0. The van der Waals surface area contributed by atoms with Crippen LogP contribution in [0, 0.1) is 5.92 Å². The number of nitrogens with zero attached hydrogens (tertiary/aromatic N) is 2. The number of aromatic nitrogens is 2. The van der Waals surface area contributed by atoms with Crippen molar-refractivity contribution in [2.45, 2.75) is 38.2 Å². The minimum Gasteiger partial charge on any atom is -0.391 e. The highest BCUT2D eigenvalue weighted by Gasteiger charge is 2.22. The molecule has 0 unspecified atom stereocenters. The maximum atomic E-state index is 12.2. The normalized spacial score (nSPS) is 17.3. The summed E-state index contributed by atoms with van der Waals surface area (Å²) < 4.78 is 0. The first-order valence-corrected chi connectivity index (χ1v) is 7.92. The van der Waals surface area contributed by atoms with Crippen LogP contribution in [0.3, 0.4) is 0 Å². The number of aliphatic hydroxyl groups excluding tert-OH is 1. The van der Waals surface area contributed by atoms with Gasteiger partial charge in [-0.15, -0.1) is 0 Å². The van der Waals surface area contributed by atoms with E-state index in [1.165, 1.54) is 25.5 Å². The molecule has 1 fully saturated rings. The topological polar surface area (TPSA) is 75.1 Å². The van der Waals surface area contributed by atoms with Crippen molar-refractivity contribution in [3.8, 4) is 0 Å². The van der Waals surface area contributed by atoms with Gasteiger partial charge in [-0.05, 0) is 30.9 Å². The monoisotopic (exact) mass is 299 g/mol. The number of hydrogen-bond acceptors (Lipinski definition) is 4. The molecule has 116 valence electrons. The molecule has 0 aliphatic heterocycles. The van der Waals surface area contributed by atoms with Crippen LogP contribution in [0.25, 0.3) is 11.0 Å². The highest BCUT2D eigenvalue weighted by atomic mass is 16.3. The molecule has 22 heavy (non-hydrogen) atoms. The van der Waals surface area contributed by atoms with Gasteiger partial charge < -0.3 is 10.4 Å². The van der Waals surface area contributed by atoms with Gasteiger partial charge in [-0.3, -0.25) is 9.78 Å². The lowest BCUT2D eigenvalue weighted by molar-refractivity contribution is 0.0736. The van der Waals surface area contributed by atoms with E-state index in [1.807, 2.05) is 24.3 Å². The number of amides is 1. The largest absolute Gasteiger partial charge is 0.391 e. The van der Waals surface area contributed by atoms with Gasteiger partial charge in [-0.25, -0.2) is 4.98 Å². The van der Waals surface area contributed by atoms with Gasteiger partial charge in [0.05, 0.1) is 23.3 Å². The fourth-order valence-electron chi connectivity index (χ4n) is 3.04. The molecule has 1 atom stereocenters. The molecule has 1 aliphatic rings. The maximum absolute atomic E-state index is 12.2. The van der Waals surface area contributed by atoms with E-state index < -0.39 is 6.10 Å². The number of nitrogens with one attached hydrogen (secondary N) is 1. The first-order valence-electron chi connectivity index (χ1n) is 7.92. The molecule has 2 aromatic rings. The van der Waals surface area contributed by atoms with Crippen LogP contribution in [-0.4, -0.2) is 33.6 Å². The molecular formula is C17H21N3O2. The van der Waals surface area contributed by atoms with E-state index in [9.17, 15) is 9.90 Å². The van der Waals surface area contributed by atoms with Crippen LogP contribution in [0.5, 0.6) is 0 Å². The first kappa shape index (κ1) is 14.9. The lowest BCUT2D eigenvalue weighted by Gasteiger charge is -2.26. The molecule has 1 heterocycles. The van der Waals surface area contributed by atoms with Crippen molar-refractivity contribution < 1.29 is 9.90 Å². The van der Waals surface area contributed by atoms with Crippen molar-refractivity contribution in [3.63, 3.8) is 0 Å². The third-order valence-corrected chi connectivity index (χ3v) is 4.35. The quantitative estimate of drug-likeness (QED) is 0.908. The van der Waals surface area contributed by atoms with Crippen molar-refractivity contribution in [1.82, 2.24) is 15.3 Å². The van der Waals surface area contributed by atoms with Crippen LogP contribution in [0.1, 0.15) is 42.6 Å². The Morgan fingerprint density at radius 2 is 1.95 bits per heavy atom. The second-order valence-electron chi connectivity index (χ2n) is 5.92. The number of carbonyl (C=O) groups excluding carboxylic acids is 1. The van der Waals surface area contributed by atoms with Gasteiger partial charge in [0.1, 0.15) is 5.69 Å². The number of fused-ring (bicyclic) bond motifs is 1. The van der Waals surface area contributed by atoms with E-state index in [4.69, 9.17) is 0 Å². The van der Waals surface area contributed by atoms with Crippen molar-refractivity contribution in [1.29, 1.82) is 0 Å².